The summed E-state index contributed by atoms with van der Waals surface area (Å²) in [5.74, 6) is 0.995. The van der Waals surface area contributed by atoms with Crippen LogP contribution < -0.4 is 16.8 Å². The molecule has 4 heterocycles. The van der Waals surface area contributed by atoms with Crippen molar-refractivity contribution < 1.29 is 4.79 Å². The molecule has 1 aromatic heterocycles. The first-order valence-corrected chi connectivity index (χ1v) is 10.3. The third kappa shape index (κ3) is 3.53. The van der Waals surface area contributed by atoms with Gasteiger partial charge in [0.1, 0.15) is 11.6 Å². The smallest absolute Gasteiger partial charge is 0.229 e. The Morgan fingerprint density at radius 1 is 1.41 bits per heavy atom. The first-order chi connectivity index (χ1) is 12.9. The molecule has 27 heavy (non-hydrogen) atoms. The molecule has 2 saturated heterocycles. The number of amides is 1. The van der Waals surface area contributed by atoms with Crippen LogP contribution >= 0.6 is 23.4 Å². The molecule has 0 aromatic carbocycles. The van der Waals surface area contributed by atoms with Gasteiger partial charge in [0.05, 0.1) is 16.2 Å². The number of anilines is 1. The Hall–Kier alpha value is -1.77. The van der Waals surface area contributed by atoms with Gasteiger partial charge in [-0.3, -0.25) is 4.79 Å². The number of aliphatic imine (C=N–C) groups is 1. The van der Waals surface area contributed by atoms with E-state index in [1.165, 1.54) is 11.8 Å². The van der Waals surface area contributed by atoms with Gasteiger partial charge in [-0.25, -0.2) is 9.98 Å². The number of fused-ring (bicyclic) bond motifs is 1. The van der Waals surface area contributed by atoms with E-state index in [1.54, 1.807) is 6.20 Å². The number of nitrogen functional groups attached to an aromatic ring is 1. The summed E-state index contributed by atoms with van der Waals surface area (Å²) in [7, 11) is 0. The number of piperidine rings is 1. The first kappa shape index (κ1) is 18.6. The molecular weight excluding hydrogens is 384 g/mol. The molecule has 5 N–H and O–H groups in total. The highest BCUT2D eigenvalue weighted by molar-refractivity contribution is 8.00. The molecule has 2 unspecified atom stereocenters. The lowest BCUT2D eigenvalue weighted by Crippen LogP contribution is -2.48. The van der Waals surface area contributed by atoms with E-state index < -0.39 is 0 Å². The molecule has 0 saturated carbocycles. The van der Waals surface area contributed by atoms with Crippen molar-refractivity contribution in [2.75, 3.05) is 25.4 Å². The summed E-state index contributed by atoms with van der Waals surface area (Å²) in [6, 6.07) is 1.82. The number of hydrogen-bond acceptors (Lipinski definition) is 7. The minimum absolute atomic E-state index is 0.0324. The zero-order valence-electron chi connectivity index (χ0n) is 15.1. The molecule has 3 aliphatic rings. The lowest BCUT2D eigenvalue weighted by molar-refractivity contribution is -0.121. The Morgan fingerprint density at radius 2 is 2.15 bits per heavy atom. The van der Waals surface area contributed by atoms with Crippen molar-refractivity contribution >= 4 is 41.3 Å². The van der Waals surface area contributed by atoms with Crippen molar-refractivity contribution in [1.82, 2.24) is 15.2 Å². The number of hydrogen-bond donors (Lipinski definition) is 3. The molecule has 0 bridgehead atoms. The minimum atomic E-state index is -0.251. The molecule has 2 atom stereocenters. The van der Waals surface area contributed by atoms with E-state index in [9.17, 15) is 4.79 Å². The quantitative estimate of drug-likeness (QED) is 0.703. The van der Waals surface area contributed by atoms with Gasteiger partial charge in [0.25, 0.3) is 0 Å². The molecule has 2 fully saturated rings. The van der Waals surface area contributed by atoms with Gasteiger partial charge >= 0.3 is 0 Å². The maximum Gasteiger partial charge on any atom is 0.229 e. The number of carbonyl (C=O) groups excluding carboxylic acids is 1. The Kier molecular flexibility index (Phi) is 4.82. The largest absolute Gasteiger partial charge is 0.382 e. The second-order valence-electron chi connectivity index (χ2n) is 7.55. The maximum atomic E-state index is 12.6. The number of nitrogens with one attached hydrogen (secondary N) is 1. The second kappa shape index (κ2) is 7.00. The monoisotopic (exact) mass is 406 g/mol. The fraction of sp³-hybridized carbons (Fsp3) is 0.500. The molecule has 0 radical (unpaired) electrons. The number of nitrogens with two attached hydrogens (primary N) is 2. The molecule has 0 aliphatic carbocycles. The van der Waals surface area contributed by atoms with Crippen LogP contribution in [0, 0.1) is 5.92 Å². The molecule has 7 nitrogen and oxygen atoms in total. The standard InChI is InChI=1S/C18H23ClN6OS/c1-18(21)3-6-25(7-4-18)16-10-8-24-17(26)13(10)12(9-23-16)27-11-2-5-22-15(20)14(11)19/h2,5,9,12-13H,3-4,6-8,21H2,1H3,(H2,20,22)(H,24,26). The van der Waals surface area contributed by atoms with Crippen molar-refractivity contribution in [2.24, 2.45) is 16.6 Å². The number of likely N-dealkylation sites (tertiary alicyclic amines) is 1. The Labute approximate surface area is 167 Å². The fourth-order valence-corrected chi connectivity index (χ4v) is 5.16. The minimum Gasteiger partial charge on any atom is -0.382 e. The van der Waals surface area contributed by atoms with Crippen LogP contribution in [-0.4, -0.2) is 52.4 Å². The number of halogens is 1. The third-order valence-corrected chi connectivity index (χ3v) is 7.19. The summed E-state index contributed by atoms with van der Waals surface area (Å²) in [6.45, 7) is 4.34. The normalized spacial score (nSPS) is 26.9. The van der Waals surface area contributed by atoms with E-state index in [2.05, 4.69) is 22.1 Å². The Morgan fingerprint density at radius 3 is 2.89 bits per heavy atom. The zero-order chi connectivity index (χ0) is 19.2. The van der Waals surface area contributed by atoms with Gasteiger partial charge in [-0.1, -0.05) is 11.6 Å². The summed E-state index contributed by atoms with van der Waals surface area (Å²) >= 11 is 7.78. The number of pyridine rings is 1. The van der Waals surface area contributed by atoms with Crippen LogP contribution in [0.2, 0.25) is 5.02 Å². The van der Waals surface area contributed by atoms with Crippen LogP contribution in [0.25, 0.3) is 0 Å². The summed E-state index contributed by atoms with van der Waals surface area (Å²) in [5, 5.41) is 3.27. The number of rotatable bonds is 3. The first-order valence-electron chi connectivity index (χ1n) is 9.01. The summed E-state index contributed by atoms with van der Waals surface area (Å²) in [6.07, 6.45) is 5.31. The molecule has 0 spiro atoms. The van der Waals surface area contributed by atoms with Gasteiger partial charge in [0.2, 0.25) is 5.91 Å². The Bertz CT molecular complexity index is 829. The number of thioether (sulfide) groups is 1. The van der Waals surface area contributed by atoms with Gasteiger partial charge in [0, 0.05) is 48.1 Å². The third-order valence-electron chi connectivity index (χ3n) is 5.42. The van der Waals surface area contributed by atoms with E-state index in [0.717, 1.165) is 42.2 Å². The van der Waals surface area contributed by atoms with Gasteiger partial charge in [0.15, 0.2) is 0 Å². The van der Waals surface area contributed by atoms with Crippen LogP contribution in [0.3, 0.4) is 0 Å². The van der Waals surface area contributed by atoms with Crippen molar-refractivity contribution in [1.29, 1.82) is 0 Å². The van der Waals surface area contributed by atoms with Crippen LogP contribution in [0.15, 0.2) is 33.5 Å². The second-order valence-corrected chi connectivity index (χ2v) is 9.15. The van der Waals surface area contributed by atoms with Crippen LogP contribution in [0.4, 0.5) is 5.82 Å². The van der Waals surface area contributed by atoms with E-state index in [0.29, 0.717) is 17.4 Å². The average Bonchev–Trinajstić information content (AvgIpc) is 3.02. The number of nitrogens with zero attached hydrogens (tertiary/aromatic N) is 3. The summed E-state index contributed by atoms with van der Waals surface area (Å²) in [4.78, 5) is 24.4. The van der Waals surface area contributed by atoms with Gasteiger partial charge in [-0.05, 0) is 25.8 Å². The van der Waals surface area contributed by atoms with E-state index in [-0.39, 0.29) is 22.6 Å². The van der Waals surface area contributed by atoms with Crippen LogP contribution in [-0.2, 0) is 4.79 Å². The molecular formula is C18H23ClN6OS. The van der Waals surface area contributed by atoms with Gasteiger partial charge in [-0.2, -0.15) is 0 Å². The molecule has 9 heteroatoms. The molecule has 3 aliphatic heterocycles. The van der Waals surface area contributed by atoms with Crippen LogP contribution in [0.1, 0.15) is 19.8 Å². The number of aromatic nitrogens is 1. The topological polar surface area (TPSA) is 110 Å². The van der Waals surface area contributed by atoms with E-state index >= 15 is 0 Å². The Balaban J connectivity index is 1.59. The molecule has 4 rings (SSSR count). The zero-order valence-corrected chi connectivity index (χ0v) is 16.7. The van der Waals surface area contributed by atoms with Crippen LogP contribution in [0.5, 0.6) is 0 Å². The molecule has 144 valence electrons. The van der Waals surface area contributed by atoms with Crippen molar-refractivity contribution in [2.45, 2.75) is 35.4 Å². The average molecular weight is 407 g/mol. The van der Waals surface area contributed by atoms with Crippen molar-refractivity contribution in [3.63, 3.8) is 0 Å². The highest BCUT2D eigenvalue weighted by Crippen LogP contribution is 2.41. The van der Waals surface area contributed by atoms with Crippen molar-refractivity contribution in [3.05, 3.63) is 28.7 Å². The van der Waals surface area contributed by atoms with Gasteiger partial charge < -0.3 is 21.7 Å². The lowest BCUT2D eigenvalue weighted by Gasteiger charge is -2.39. The van der Waals surface area contributed by atoms with Crippen molar-refractivity contribution in [3.8, 4) is 0 Å². The maximum absolute atomic E-state index is 12.6. The number of carbonyl (C=O) groups is 1. The predicted molar refractivity (Wildman–Crippen MR) is 109 cm³/mol. The van der Waals surface area contributed by atoms with Gasteiger partial charge in [-0.15, -0.1) is 11.8 Å². The summed E-state index contributed by atoms with van der Waals surface area (Å²) < 4.78 is 0. The lowest BCUT2D eigenvalue weighted by atomic mass is 9.90. The molecule has 1 aromatic rings. The molecule has 1 amide bonds. The summed E-state index contributed by atoms with van der Waals surface area (Å²) in [5.41, 5.74) is 13.0. The predicted octanol–water partition coefficient (Wildman–Crippen LogP) is 1.63. The fourth-order valence-electron chi connectivity index (χ4n) is 3.73. The highest BCUT2D eigenvalue weighted by atomic mass is 35.5. The SMILES string of the molecule is CC1(N)CCN(C2=C3CNC(=O)C3C(Sc3ccnc(N)c3Cl)C=N2)CC1. The highest BCUT2D eigenvalue weighted by Gasteiger charge is 2.42. The van der Waals surface area contributed by atoms with E-state index in [4.69, 9.17) is 28.1 Å². The van der Waals surface area contributed by atoms with E-state index in [1.807, 2.05) is 12.3 Å².